The lowest BCUT2D eigenvalue weighted by Gasteiger charge is -1.93. The first-order chi connectivity index (χ1) is 11.2. The Morgan fingerprint density at radius 2 is 0.913 bits per heavy atom. The van der Waals surface area contributed by atoms with Gasteiger partial charge in [-0.2, -0.15) is 0 Å². The summed E-state index contributed by atoms with van der Waals surface area (Å²) in [4.78, 5) is 2.51. The zero-order chi connectivity index (χ0) is 16.1. The summed E-state index contributed by atoms with van der Waals surface area (Å²) in [5, 5.41) is 0. The molecule has 2 aromatic carbocycles. The Labute approximate surface area is 157 Å². The van der Waals surface area contributed by atoms with Crippen LogP contribution in [0.1, 0.15) is 20.9 Å². The van der Waals surface area contributed by atoms with Gasteiger partial charge in [-0.05, 0) is 59.7 Å². The summed E-state index contributed by atoms with van der Waals surface area (Å²) < 4.78 is 2.21. The van der Waals surface area contributed by atoms with E-state index in [4.69, 9.17) is 0 Å². The van der Waals surface area contributed by atoms with Crippen LogP contribution in [0.3, 0.4) is 0 Å². The van der Waals surface area contributed by atoms with Crippen molar-refractivity contribution in [3.8, 4) is 0 Å². The maximum absolute atomic E-state index is 3.45. The van der Waals surface area contributed by atoms with E-state index in [9.17, 15) is 0 Å². The molecule has 1 heterocycles. The summed E-state index contributed by atoms with van der Waals surface area (Å²) in [6.07, 6.45) is 8.59. The Hall–Kier alpha value is -1.42. The molecule has 3 rings (SSSR count). The number of hydrogen-bond acceptors (Lipinski definition) is 1. The van der Waals surface area contributed by atoms with Crippen LogP contribution < -0.4 is 0 Å². The van der Waals surface area contributed by atoms with E-state index in [1.54, 1.807) is 11.3 Å². The molecule has 0 bridgehead atoms. The minimum absolute atomic E-state index is 1.10. The van der Waals surface area contributed by atoms with E-state index >= 15 is 0 Å². The van der Waals surface area contributed by atoms with Gasteiger partial charge in [0.15, 0.2) is 0 Å². The van der Waals surface area contributed by atoms with Crippen molar-refractivity contribution in [3.63, 3.8) is 0 Å². The standard InChI is InChI=1S/C20H14Br2S/c21-17-7-1-15(2-8-17)5-11-19-13-14-20(23-19)12-6-16-3-9-18(22)10-4-16/h1-14H/b11-5+,12-6+. The van der Waals surface area contributed by atoms with Gasteiger partial charge < -0.3 is 0 Å². The second kappa shape index (κ2) is 7.91. The molecule has 114 valence electrons. The molecular formula is C20H14Br2S. The molecule has 1 aromatic heterocycles. The van der Waals surface area contributed by atoms with Crippen LogP contribution in [0.2, 0.25) is 0 Å². The van der Waals surface area contributed by atoms with Crippen molar-refractivity contribution in [2.75, 3.05) is 0 Å². The first kappa shape index (κ1) is 16.4. The van der Waals surface area contributed by atoms with E-state index in [1.165, 1.54) is 20.9 Å². The number of thiophene rings is 1. The molecule has 0 aliphatic heterocycles. The van der Waals surface area contributed by atoms with Crippen LogP contribution in [0.15, 0.2) is 69.6 Å². The van der Waals surface area contributed by atoms with Crippen LogP contribution >= 0.6 is 43.2 Å². The van der Waals surface area contributed by atoms with Gasteiger partial charge in [-0.15, -0.1) is 11.3 Å². The van der Waals surface area contributed by atoms with Gasteiger partial charge in [-0.3, -0.25) is 0 Å². The van der Waals surface area contributed by atoms with Gasteiger partial charge in [-0.1, -0.05) is 68.3 Å². The number of halogens is 2. The second-order valence-electron chi connectivity index (χ2n) is 5.01. The molecule has 0 aliphatic carbocycles. The molecule has 0 spiro atoms. The quantitative estimate of drug-likeness (QED) is 0.387. The van der Waals surface area contributed by atoms with Crippen LogP contribution in [-0.2, 0) is 0 Å². The van der Waals surface area contributed by atoms with Crippen molar-refractivity contribution in [3.05, 3.63) is 90.5 Å². The lowest BCUT2D eigenvalue weighted by atomic mass is 10.2. The first-order valence-corrected chi connectivity index (χ1v) is 9.56. The smallest absolute Gasteiger partial charge is 0.0276 e. The van der Waals surface area contributed by atoms with Crippen LogP contribution in [0.4, 0.5) is 0 Å². The van der Waals surface area contributed by atoms with Crippen LogP contribution in [0, 0.1) is 0 Å². The highest BCUT2D eigenvalue weighted by Gasteiger charge is 1.95. The van der Waals surface area contributed by atoms with Crippen molar-refractivity contribution >= 4 is 67.5 Å². The summed E-state index contributed by atoms with van der Waals surface area (Å²) in [6.45, 7) is 0. The average Bonchev–Trinajstić information content (AvgIpc) is 3.02. The molecule has 0 nitrogen and oxygen atoms in total. The SMILES string of the molecule is Brc1ccc(/C=C/c2ccc(/C=C/c3ccc(Br)cc3)s2)cc1. The molecule has 0 aliphatic rings. The molecule has 0 fully saturated rings. The van der Waals surface area contributed by atoms with Crippen LogP contribution in [0.25, 0.3) is 24.3 Å². The maximum atomic E-state index is 3.45. The minimum atomic E-state index is 1.10. The first-order valence-electron chi connectivity index (χ1n) is 7.16. The Morgan fingerprint density at radius 1 is 0.522 bits per heavy atom. The summed E-state index contributed by atoms with van der Waals surface area (Å²) in [7, 11) is 0. The van der Waals surface area contributed by atoms with Crippen molar-refractivity contribution in [1.82, 2.24) is 0 Å². The normalized spacial score (nSPS) is 11.6. The summed E-state index contributed by atoms with van der Waals surface area (Å²) in [5.41, 5.74) is 2.40. The summed E-state index contributed by atoms with van der Waals surface area (Å²) in [6, 6.07) is 20.9. The van der Waals surface area contributed by atoms with Crippen molar-refractivity contribution < 1.29 is 0 Å². The van der Waals surface area contributed by atoms with E-state index in [0.29, 0.717) is 0 Å². The molecule has 0 N–H and O–H groups in total. The van der Waals surface area contributed by atoms with E-state index in [2.05, 4.69) is 117 Å². The highest BCUT2D eigenvalue weighted by Crippen LogP contribution is 2.22. The van der Waals surface area contributed by atoms with Gasteiger partial charge in [0.05, 0.1) is 0 Å². The summed E-state index contributed by atoms with van der Waals surface area (Å²) in [5.74, 6) is 0. The molecule has 0 unspecified atom stereocenters. The molecule has 0 saturated heterocycles. The van der Waals surface area contributed by atoms with Gasteiger partial charge in [0.1, 0.15) is 0 Å². The van der Waals surface area contributed by atoms with E-state index in [1.807, 2.05) is 0 Å². The highest BCUT2D eigenvalue weighted by atomic mass is 79.9. The number of benzene rings is 2. The van der Waals surface area contributed by atoms with E-state index in [-0.39, 0.29) is 0 Å². The molecule has 3 heteroatoms. The Morgan fingerprint density at radius 3 is 1.30 bits per heavy atom. The van der Waals surface area contributed by atoms with Gasteiger partial charge in [0, 0.05) is 18.7 Å². The monoisotopic (exact) mass is 444 g/mol. The topological polar surface area (TPSA) is 0 Å². The fraction of sp³-hybridized carbons (Fsp3) is 0. The molecule has 0 atom stereocenters. The highest BCUT2D eigenvalue weighted by molar-refractivity contribution is 9.10. The second-order valence-corrected chi connectivity index (χ2v) is 7.99. The van der Waals surface area contributed by atoms with E-state index < -0.39 is 0 Å². The zero-order valence-electron chi connectivity index (χ0n) is 12.2. The Kier molecular flexibility index (Phi) is 5.65. The van der Waals surface area contributed by atoms with Crippen molar-refractivity contribution in [2.45, 2.75) is 0 Å². The molecule has 0 saturated carbocycles. The van der Waals surface area contributed by atoms with Crippen molar-refractivity contribution in [1.29, 1.82) is 0 Å². The Bertz CT molecular complexity index is 755. The average molecular weight is 446 g/mol. The third-order valence-corrected chi connectivity index (χ3v) is 5.34. The predicted octanol–water partition coefficient (Wildman–Crippen LogP) is 7.61. The lowest BCUT2D eigenvalue weighted by Crippen LogP contribution is -1.70. The number of rotatable bonds is 4. The van der Waals surface area contributed by atoms with Crippen molar-refractivity contribution in [2.24, 2.45) is 0 Å². The Balaban J connectivity index is 1.68. The summed E-state index contributed by atoms with van der Waals surface area (Å²) >= 11 is 8.69. The molecule has 23 heavy (non-hydrogen) atoms. The van der Waals surface area contributed by atoms with Crippen LogP contribution in [0.5, 0.6) is 0 Å². The van der Waals surface area contributed by atoms with Gasteiger partial charge in [0.25, 0.3) is 0 Å². The minimum Gasteiger partial charge on any atom is -0.137 e. The fourth-order valence-corrected chi connectivity index (χ4v) is 3.40. The molecule has 0 radical (unpaired) electrons. The lowest BCUT2D eigenvalue weighted by molar-refractivity contribution is 1.62. The maximum Gasteiger partial charge on any atom is 0.0276 e. The van der Waals surface area contributed by atoms with Gasteiger partial charge in [-0.25, -0.2) is 0 Å². The number of hydrogen-bond donors (Lipinski definition) is 0. The third kappa shape index (κ3) is 5.03. The predicted molar refractivity (Wildman–Crippen MR) is 110 cm³/mol. The van der Waals surface area contributed by atoms with Gasteiger partial charge in [0.2, 0.25) is 0 Å². The van der Waals surface area contributed by atoms with Crippen LogP contribution in [-0.4, -0.2) is 0 Å². The molecule has 0 amide bonds. The van der Waals surface area contributed by atoms with Gasteiger partial charge >= 0.3 is 0 Å². The molecule has 3 aromatic rings. The van der Waals surface area contributed by atoms with E-state index in [0.717, 1.165) is 8.95 Å². The third-order valence-electron chi connectivity index (χ3n) is 3.27. The molecular weight excluding hydrogens is 432 g/mol. The largest absolute Gasteiger partial charge is 0.137 e. The zero-order valence-corrected chi connectivity index (χ0v) is 16.2. The fourth-order valence-electron chi connectivity index (χ4n) is 2.05.